The molecule has 1 atom stereocenters. The standard InChI is InChI=1S/C18H22N2O6S/c1-11-6-8-14(27(23,24)20(4)5)10-15(11)19-17(21)13(3)26-18(22)16-9-7-12(2)25-16/h6-10,13H,1-5H3,(H,19,21). The van der Waals surface area contributed by atoms with Gasteiger partial charge in [-0.05, 0) is 50.6 Å². The van der Waals surface area contributed by atoms with Gasteiger partial charge in [0.15, 0.2) is 6.10 Å². The summed E-state index contributed by atoms with van der Waals surface area (Å²) >= 11 is 0. The quantitative estimate of drug-likeness (QED) is 0.754. The molecule has 0 radical (unpaired) electrons. The second-order valence-corrected chi connectivity index (χ2v) is 8.36. The molecule has 1 amide bonds. The Kier molecular flexibility index (Phi) is 6.07. The Hall–Kier alpha value is -2.65. The van der Waals surface area contributed by atoms with E-state index in [1.165, 1.54) is 39.2 Å². The van der Waals surface area contributed by atoms with Gasteiger partial charge in [-0.3, -0.25) is 4.79 Å². The van der Waals surface area contributed by atoms with Crippen LogP contribution in [-0.2, 0) is 19.6 Å². The van der Waals surface area contributed by atoms with E-state index in [-0.39, 0.29) is 10.7 Å². The molecule has 1 aromatic carbocycles. The zero-order valence-electron chi connectivity index (χ0n) is 15.8. The molecular formula is C18H22N2O6S. The van der Waals surface area contributed by atoms with Crippen LogP contribution < -0.4 is 5.32 Å². The van der Waals surface area contributed by atoms with Crippen LogP contribution in [0.1, 0.15) is 28.8 Å². The van der Waals surface area contributed by atoms with E-state index in [2.05, 4.69) is 5.32 Å². The predicted molar refractivity (Wildman–Crippen MR) is 99.0 cm³/mol. The Morgan fingerprint density at radius 1 is 1.15 bits per heavy atom. The molecule has 0 spiro atoms. The molecule has 0 aliphatic rings. The monoisotopic (exact) mass is 394 g/mol. The molecule has 1 N–H and O–H groups in total. The summed E-state index contributed by atoms with van der Waals surface area (Å²) < 4.78 is 35.8. The smallest absolute Gasteiger partial charge is 0.375 e. The normalized spacial score (nSPS) is 12.7. The summed E-state index contributed by atoms with van der Waals surface area (Å²) in [4.78, 5) is 24.4. The summed E-state index contributed by atoms with van der Waals surface area (Å²) in [5.41, 5.74) is 0.987. The Morgan fingerprint density at radius 2 is 1.81 bits per heavy atom. The third-order valence-electron chi connectivity index (χ3n) is 3.84. The lowest BCUT2D eigenvalue weighted by Gasteiger charge is -2.16. The van der Waals surface area contributed by atoms with Gasteiger partial charge in [0.25, 0.3) is 5.91 Å². The average Bonchev–Trinajstić information content (AvgIpc) is 3.02. The van der Waals surface area contributed by atoms with Crippen LogP contribution >= 0.6 is 0 Å². The zero-order chi connectivity index (χ0) is 20.4. The van der Waals surface area contributed by atoms with E-state index in [1.807, 2.05) is 0 Å². The maximum atomic E-state index is 12.4. The number of benzene rings is 1. The third-order valence-corrected chi connectivity index (χ3v) is 5.65. The molecule has 27 heavy (non-hydrogen) atoms. The van der Waals surface area contributed by atoms with E-state index in [4.69, 9.17) is 9.15 Å². The number of ether oxygens (including phenoxy) is 1. The summed E-state index contributed by atoms with van der Waals surface area (Å²) in [6.07, 6.45) is -1.10. The van der Waals surface area contributed by atoms with Crippen molar-refractivity contribution in [3.63, 3.8) is 0 Å². The van der Waals surface area contributed by atoms with E-state index in [1.54, 1.807) is 26.0 Å². The number of carbonyl (C=O) groups excluding carboxylic acids is 2. The minimum absolute atomic E-state index is 0.00223. The van der Waals surface area contributed by atoms with Gasteiger partial charge in [0.1, 0.15) is 5.76 Å². The Morgan fingerprint density at radius 3 is 2.37 bits per heavy atom. The highest BCUT2D eigenvalue weighted by Crippen LogP contribution is 2.22. The molecule has 2 aromatic rings. The molecule has 0 fully saturated rings. The van der Waals surface area contributed by atoms with Gasteiger partial charge in [-0.1, -0.05) is 6.07 Å². The van der Waals surface area contributed by atoms with Gasteiger partial charge in [0.2, 0.25) is 15.8 Å². The van der Waals surface area contributed by atoms with E-state index in [0.717, 1.165) is 4.31 Å². The number of aryl methyl sites for hydroxylation is 2. The fraction of sp³-hybridized carbons (Fsp3) is 0.333. The number of furan rings is 1. The minimum atomic E-state index is -3.64. The highest BCUT2D eigenvalue weighted by molar-refractivity contribution is 7.89. The Bertz CT molecular complexity index is 962. The maximum Gasteiger partial charge on any atom is 0.375 e. The fourth-order valence-corrected chi connectivity index (χ4v) is 3.09. The SMILES string of the molecule is Cc1ccc(C(=O)OC(C)C(=O)Nc2cc(S(=O)(=O)N(C)C)ccc2C)o1. The number of rotatable bonds is 6. The van der Waals surface area contributed by atoms with Crippen molar-refractivity contribution in [2.45, 2.75) is 31.8 Å². The van der Waals surface area contributed by atoms with Crippen LogP contribution in [0.4, 0.5) is 5.69 Å². The first-order valence-corrected chi connectivity index (χ1v) is 9.58. The van der Waals surface area contributed by atoms with Gasteiger partial charge in [-0.15, -0.1) is 0 Å². The fourth-order valence-electron chi connectivity index (χ4n) is 2.16. The topological polar surface area (TPSA) is 106 Å². The van der Waals surface area contributed by atoms with Gasteiger partial charge in [-0.2, -0.15) is 0 Å². The van der Waals surface area contributed by atoms with Crippen molar-refractivity contribution < 1.29 is 27.2 Å². The van der Waals surface area contributed by atoms with E-state index < -0.39 is 28.0 Å². The van der Waals surface area contributed by atoms with E-state index in [9.17, 15) is 18.0 Å². The van der Waals surface area contributed by atoms with Crippen molar-refractivity contribution >= 4 is 27.6 Å². The number of carbonyl (C=O) groups is 2. The van der Waals surface area contributed by atoms with E-state index in [0.29, 0.717) is 17.0 Å². The summed E-state index contributed by atoms with van der Waals surface area (Å²) in [5, 5.41) is 2.59. The summed E-state index contributed by atoms with van der Waals surface area (Å²) in [6, 6.07) is 7.49. The minimum Gasteiger partial charge on any atom is -0.454 e. The lowest BCUT2D eigenvalue weighted by molar-refractivity contribution is -0.123. The van der Waals surface area contributed by atoms with Crippen LogP contribution in [-0.4, -0.2) is 44.8 Å². The number of sulfonamides is 1. The van der Waals surface area contributed by atoms with Crippen molar-refractivity contribution in [1.82, 2.24) is 4.31 Å². The number of hydrogen-bond acceptors (Lipinski definition) is 6. The van der Waals surface area contributed by atoms with Gasteiger partial charge >= 0.3 is 5.97 Å². The molecule has 146 valence electrons. The van der Waals surface area contributed by atoms with Gasteiger partial charge < -0.3 is 14.5 Å². The van der Waals surface area contributed by atoms with E-state index >= 15 is 0 Å². The molecule has 1 aromatic heterocycles. The van der Waals surface area contributed by atoms with Crippen molar-refractivity contribution in [3.8, 4) is 0 Å². The van der Waals surface area contributed by atoms with Crippen molar-refractivity contribution in [2.75, 3.05) is 19.4 Å². The van der Waals surface area contributed by atoms with Crippen molar-refractivity contribution in [3.05, 3.63) is 47.4 Å². The molecule has 8 nitrogen and oxygen atoms in total. The molecule has 1 heterocycles. The van der Waals surface area contributed by atoms with Crippen LogP contribution in [0.25, 0.3) is 0 Å². The first kappa shape index (κ1) is 20.7. The molecule has 0 bridgehead atoms. The lowest BCUT2D eigenvalue weighted by atomic mass is 10.2. The second-order valence-electron chi connectivity index (χ2n) is 6.21. The summed E-state index contributed by atoms with van der Waals surface area (Å²) in [7, 11) is -0.797. The van der Waals surface area contributed by atoms with Crippen LogP contribution in [0.5, 0.6) is 0 Å². The van der Waals surface area contributed by atoms with Crippen LogP contribution in [0.15, 0.2) is 39.6 Å². The summed E-state index contributed by atoms with van der Waals surface area (Å²) in [6.45, 7) is 4.83. The maximum absolute atomic E-state index is 12.4. The highest BCUT2D eigenvalue weighted by Gasteiger charge is 2.23. The van der Waals surface area contributed by atoms with Crippen LogP contribution in [0.3, 0.4) is 0 Å². The third kappa shape index (κ3) is 4.75. The largest absolute Gasteiger partial charge is 0.454 e. The summed E-state index contributed by atoms with van der Waals surface area (Å²) in [5.74, 6) is -0.795. The van der Waals surface area contributed by atoms with Crippen LogP contribution in [0.2, 0.25) is 0 Å². The second kappa shape index (κ2) is 7.93. The van der Waals surface area contributed by atoms with Gasteiger partial charge in [0.05, 0.1) is 4.90 Å². The number of amides is 1. The Balaban J connectivity index is 2.14. The first-order valence-electron chi connectivity index (χ1n) is 8.14. The predicted octanol–water partition coefficient (Wildman–Crippen LogP) is 2.33. The van der Waals surface area contributed by atoms with Gasteiger partial charge in [0, 0.05) is 19.8 Å². The zero-order valence-corrected chi connectivity index (χ0v) is 16.6. The number of anilines is 1. The molecule has 2 rings (SSSR count). The average molecular weight is 394 g/mol. The van der Waals surface area contributed by atoms with Crippen LogP contribution in [0, 0.1) is 13.8 Å². The lowest BCUT2D eigenvalue weighted by Crippen LogP contribution is -2.30. The molecular weight excluding hydrogens is 372 g/mol. The first-order chi connectivity index (χ1) is 12.5. The molecule has 9 heteroatoms. The van der Waals surface area contributed by atoms with Gasteiger partial charge in [-0.25, -0.2) is 17.5 Å². The molecule has 0 aliphatic carbocycles. The molecule has 0 aliphatic heterocycles. The van der Waals surface area contributed by atoms with Crippen molar-refractivity contribution in [2.24, 2.45) is 0 Å². The number of nitrogens with zero attached hydrogens (tertiary/aromatic N) is 1. The molecule has 0 saturated carbocycles. The number of esters is 1. The molecule has 0 saturated heterocycles. The molecule has 1 unspecified atom stereocenters. The number of nitrogens with one attached hydrogen (secondary N) is 1. The number of hydrogen-bond donors (Lipinski definition) is 1. The highest BCUT2D eigenvalue weighted by atomic mass is 32.2. The van der Waals surface area contributed by atoms with Crippen molar-refractivity contribution in [1.29, 1.82) is 0 Å². The Labute approximate surface area is 158 Å².